The van der Waals surface area contributed by atoms with Crippen molar-refractivity contribution >= 4 is 35.1 Å². The average Bonchev–Trinajstić information content (AvgIpc) is 2.80. The monoisotopic (exact) mass is 445 g/mol. The largest absolute Gasteiger partial charge is 0.324 e. The number of amides is 1. The second-order valence-corrected chi connectivity index (χ2v) is 8.63. The highest BCUT2D eigenvalue weighted by Gasteiger charge is 2.10. The van der Waals surface area contributed by atoms with E-state index in [1.807, 2.05) is 84.9 Å². The molecule has 5 nitrogen and oxygen atoms in total. The van der Waals surface area contributed by atoms with Crippen LogP contribution >= 0.6 is 23.5 Å². The maximum atomic E-state index is 12.6. The van der Waals surface area contributed by atoms with E-state index in [0.29, 0.717) is 10.9 Å². The topological polar surface area (TPSA) is 74.8 Å². The molecule has 4 aromatic rings. The highest BCUT2D eigenvalue weighted by atomic mass is 32.2. The summed E-state index contributed by atoms with van der Waals surface area (Å²) in [4.78, 5) is 33.8. The Morgan fingerprint density at radius 2 is 1.58 bits per heavy atom. The van der Waals surface area contributed by atoms with Crippen LogP contribution in [-0.4, -0.2) is 21.6 Å². The van der Waals surface area contributed by atoms with Gasteiger partial charge in [-0.2, -0.15) is 0 Å². The standard InChI is InChI=1S/C24H19N3O2S2/c28-22-15-20(17-9-3-1-4-10-17)26-24(27-22)30-16-23(29)25-19-13-7-8-14-21(19)31-18-11-5-2-6-12-18/h1-15H,16H2,(H,25,29)(H,26,27,28). The molecule has 154 valence electrons. The number of aromatic amines is 1. The van der Waals surface area contributed by atoms with Gasteiger partial charge in [-0.25, -0.2) is 4.98 Å². The number of H-pyrrole nitrogens is 1. The number of thioether (sulfide) groups is 1. The van der Waals surface area contributed by atoms with Crippen LogP contribution in [0, 0.1) is 0 Å². The van der Waals surface area contributed by atoms with Crippen LogP contribution in [0.1, 0.15) is 0 Å². The highest BCUT2D eigenvalue weighted by molar-refractivity contribution is 8.00. The molecule has 7 heteroatoms. The van der Waals surface area contributed by atoms with E-state index in [-0.39, 0.29) is 17.2 Å². The van der Waals surface area contributed by atoms with Gasteiger partial charge in [-0.15, -0.1) is 0 Å². The summed E-state index contributed by atoms with van der Waals surface area (Å²) in [5.41, 5.74) is 1.94. The molecule has 0 spiro atoms. The predicted molar refractivity (Wildman–Crippen MR) is 127 cm³/mol. The number of benzene rings is 3. The SMILES string of the molecule is O=C(CSc1nc(-c2ccccc2)cc(=O)[nH]1)Nc1ccccc1Sc1ccccc1. The van der Waals surface area contributed by atoms with Crippen molar-refractivity contribution in [2.24, 2.45) is 0 Å². The quantitative estimate of drug-likeness (QED) is 0.297. The first-order chi connectivity index (χ1) is 15.2. The molecule has 2 N–H and O–H groups in total. The lowest BCUT2D eigenvalue weighted by atomic mass is 10.1. The van der Waals surface area contributed by atoms with Crippen molar-refractivity contribution in [2.75, 3.05) is 11.1 Å². The molecule has 1 aromatic heterocycles. The van der Waals surface area contributed by atoms with Crippen molar-refractivity contribution in [2.45, 2.75) is 14.9 Å². The lowest BCUT2D eigenvalue weighted by Crippen LogP contribution is -2.16. The number of hydrogen-bond acceptors (Lipinski definition) is 5. The van der Waals surface area contributed by atoms with Gasteiger partial charge in [-0.05, 0) is 24.3 Å². The zero-order chi connectivity index (χ0) is 21.5. The molecule has 0 aliphatic heterocycles. The van der Waals surface area contributed by atoms with Gasteiger partial charge in [-0.3, -0.25) is 9.59 Å². The summed E-state index contributed by atoms with van der Waals surface area (Å²) in [5.74, 6) is -0.0372. The molecule has 0 fully saturated rings. The van der Waals surface area contributed by atoms with Crippen molar-refractivity contribution in [1.29, 1.82) is 0 Å². The molecule has 0 atom stereocenters. The van der Waals surface area contributed by atoms with Crippen molar-refractivity contribution in [3.63, 3.8) is 0 Å². The van der Waals surface area contributed by atoms with Crippen molar-refractivity contribution in [3.05, 3.63) is 101 Å². The predicted octanol–water partition coefficient (Wildman–Crippen LogP) is 5.32. The Morgan fingerprint density at radius 3 is 2.35 bits per heavy atom. The average molecular weight is 446 g/mol. The van der Waals surface area contributed by atoms with Crippen LogP contribution < -0.4 is 10.9 Å². The lowest BCUT2D eigenvalue weighted by Gasteiger charge is -2.11. The Morgan fingerprint density at radius 1 is 0.903 bits per heavy atom. The van der Waals surface area contributed by atoms with Crippen molar-refractivity contribution in [3.8, 4) is 11.3 Å². The van der Waals surface area contributed by atoms with E-state index < -0.39 is 0 Å². The van der Waals surface area contributed by atoms with Gasteiger partial charge in [0.05, 0.1) is 17.1 Å². The second-order valence-electron chi connectivity index (χ2n) is 6.55. The third kappa shape index (κ3) is 5.87. The smallest absolute Gasteiger partial charge is 0.252 e. The number of carbonyl (C=O) groups excluding carboxylic acids is 1. The Balaban J connectivity index is 1.43. The molecule has 0 bridgehead atoms. The fourth-order valence-electron chi connectivity index (χ4n) is 2.86. The Labute approximate surface area is 188 Å². The van der Waals surface area contributed by atoms with Crippen LogP contribution in [-0.2, 0) is 4.79 Å². The molecule has 0 aliphatic carbocycles. The van der Waals surface area contributed by atoms with E-state index in [2.05, 4.69) is 15.3 Å². The molecule has 3 aromatic carbocycles. The first-order valence-corrected chi connectivity index (χ1v) is 11.4. The minimum absolute atomic E-state index is 0.130. The molecule has 0 aliphatic rings. The maximum absolute atomic E-state index is 12.6. The molecule has 0 radical (unpaired) electrons. The Hall–Kier alpha value is -3.29. The van der Waals surface area contributed by atoms with Gasteiger partial charge < -0.3 is 10.3 Å². The zero-order valence-corrected chi connectivity index (χ0v) is 18.1. The van der Waals surface area contributed by atoms with Gasteiger partial charge in [0.25, 0.3) is 5.56 Å². The first kappa shape index (κ1) is 21.0. The van der Waals surface area contributed by atoms with Gasteiger partial charge in [0.1, 0.15) is 0 Å². The second kappa shape index (κ2) is 10.1. The number of hydrogen-bond donors (Lipinski definition) is 2. The van der Waals surface area contributed by atoms with E-state index in [1.54, 1.807) is 11.8 Å². The van der Waals surface area contributed by atoms with E-state index >= 15 is 0 Å². The minimum atomic E-state index is -0.249. The Kier molecular flexibility index (Phi) is 6.86. The van der Waals surface area contributed by atoms with Crippen LogP contribution in [0.4, 0.5) is 5.69 Å². The summed E-state index contributed by atoms with van der Waals surface area (Å²) < 4.78 is 0. The molecule has 0 saturated heterocycles. The number of nitrogens with zero attached hydrogens (tertiary/aromatic N) is 1. The van der Waals surface area contributed by atoms with Crippen molar-refractivity contribution < 1.29 is 4.79 Å². The van der Waals surface area contributed by atoms with Gasteiger partial charge in [0, 0.05) is 21.4 Å². The number of rotatable bonds is 7. The molecule has 1 amide bonds. The van der Waals surface area contributed by atoms with Gasteiger partial charge in [0.2, 0.25) is 5.91 Å². The molecular formula is C24H19N3O2S2. The van der Waals surface area contributed by atoms with E-state index in [0.717, 1.165) is 21.0 Å². The minimum Gasteiger partial charge on any atom is -0.324 e. The normalized spacial score (nSPS) is 10.6. The summed E-state index contributed by atoms with van der Waals surface area (Å²) in [5, 5.41) is 3.37. The van der Waals surface area contributed by atoms with Crippen molar-refractivity contribution in [1.82, 2.24) is 9.97 Å². The van der Waals surface area contributed by atoms with Gasteiger partial charge >= 0.3 is 0 Å². The van der Waals surface area contributed by atoms with Crippen LogP contribution in [0.5, 0.6) is 0 Å². The number of carbonyl (C=O) groups is 1. The van der Waals surface area contributed by atoms with E-state index in [1.165, 1.54) is 17.8 Å². The fourth-order valence-corrected chi connectivity index (χ4v) is 4.45. The molecular weight excluding hydrogens is 426 g/mol. The van der Waals surface area contributed by atoms with E-state index in [9.17, 15) is 9.59 Å². The maximum Gasteiger partial charge on any atom is 0.252 e. The van der Waals surface area contributed by atoms with Gasteiger partial charge in [0.15, 0.2) is 5.16 Å². The molecule has 4 rings (SSSR count). The van der Waals surface area contributed by atoms with Gasteiger partial charge in [-0.1, -0.05) is 84.2 Å². The number of anilines is 1. The lowest BCUT2D eigenvalue weighted by molar-refractivity contribution is -0.113. The third-order valence-electron chi connectivity index (χ3n) is 4.26. The molecule has 0 unspecified atom stereocenters. The molecule has 0 saturated carbocycles. The first-order valence-electron chi connectivity index (χ1n) is 9.59. The Bertz CT molecular complexity index is 1230. The zero-order valence-electron chi connectivity index (χ0n) is 16.4. The van der Waals surface area contributed by atoms with Crippen LogP contribution in [0.15, 0.2) is 111 Å². The third-order valence-corrected chi connectivity index (χ3v) is 6.22. The van der Waals surface area contributed by atoms with Crippen LogP contribution in [0.25, 0.3) is 11.3 Å². The number of nitrogens with one attached hydrogen (secondary N) is 2. The molecule has 1 heterocycles. The fraction of sp³-hybridized carbons (Fsp3) is 0.0417. The summed E-state index contributed by atoms with van der Waals surface area (Å²) >= 11 is 2.79. The summed E-state index contributed by atoms with van der Waals surface area (Å²) in [6.45, 7) is 0. The van der Waals surface area contributed by atoms with Crippen LogP contribution in [0.3, 0.4) is 0 Å². The summed E-state index contributed by atoms with van der Waals surface area (Å²) in [6, 6.07) is 28.6. The number of para-hydroxylation sites is 1. The van der Waals surface area contributed by atoms with Crippen LogP contribution in [0.2, 0.25) is 0 Å². The van der Waals surface area contributed by atoms with E-state index in [4.69, 9.17) is 0 Å². The molecule has 31 heavy (non-hydrogen) atoms. The summed E-state index contributed by atoms with van der Waals surface area (Å²) in [6.07, 6.45) is 0. The highest BCUT2D eigenvalue weighted by Crippen LogP contribution is 2.33. The number of aromatic nitrogens is 2. The summed E-state index contributed by atoms with van der Waals surface area (Å²) in [7, 11) is 0.